The van der Waals surface area contributed by atoms with Crippen LogP contribution in [0.15, 0.2) is 6.33 Å². The van der Waals surface area contributed by atoms with E-state index in [2.05, 4.69) is 22.0 Å². The number of nitrogens with zero attached hydrogens (tertiary/aromatic N) is 4. The largest absolute Gasteiger partial charge is 0.481 e. The number of carboxylic acid groups (broad SMARTS) is 1. The summed E-state index contributed by atoms with van der Waals surface area (Å²) >= 11 is 0. The van der Waals surface area contributed by atoms with Gasteiger partial charge in [0.2, 0.25) is 0 Å². The Balaban J connectivity index is 1.88. The molecular weight excluding hydrogens is 220 g/mol. The van der Waals surface area contributed by atoms with Crippen molar-refractivity contribution < 1.29 is 9.90 Å². The Kier molecular flexibility index (Phi) is 3.73. The van der Waals surface area contributed by atoms with Gasteiger partial charge in [0.1, 0.15) is 12.2 Å². The molecule has 0 aromatic carbocycles. The highest BCUT2D eigenvalue weighted by Gasteiger charge is 2.25. The zero-order valence-corrected chi connectivity index (χ0v) is 10.0. The molecule has 6 nitrogen and oxygen atoms in total. The molecule has 1 aliphatic rings. The van der Waals surface area contributed by atoms with Crippen LogP contribution in [0.3, 0.4) is 0 Å². The van der Waals surface area contributed by atoms with Gasteiger partial charge in [-0.3, -0.25) is 9.69 Å². The van der Waals surface area contributed by atoms with Crippen LogP contribution in [0.1, 0.15) is 25.6 Å². The van der Waals surface area contributed by atoms with E-state index in [1.165, 1.54) is 0 Å². The molecule has 1 N–H and O–H groups in total. The van der Waals surface area contributed by atoms with Gasteiger partial charge in [-0.15, -0.1) is 10.2 Å². The van der Waals surface area contributed by atoms with Crippen molar-refractivity contribution in [3.8, 4) is 0 Å². The Morgan fingerprint density at radius 3 is 2.82 bits per heavy atom. The van der Waals surface area contributed by atoms with Crippen molar-refractivity contribution in [3.05, 3.63) is 12.2 Å². The molecule has 0 aliphatic carbocycles. The van der Waals surface area contributed by atoms with E-state index in [0.29, 0.717) is 0 Å². The van der Waals surface area contributed by atoms with Gasteiger partial charge in [0.05, 0.1) is 12.5 Å². The summed E-state index contributed by atoms with van der Waals surface area (Å²) in [5.41, 5.74) is 0. The third-order valence-corrected chi connectivity index (χ3v) is 3.34. The molecule has 2 heterocycles. The number of rotatable bonds is 4. The van der Waals surface area contributed by atoms with E-state index >= 15 is 0 Å². The van der Waals surface area contributed by atoms with Crippen molar-refractivity contribution >= 4 is 5.97 Å². The molecule has 0 atom stereocenters. The quantitative estimate of drug-likeness (QED) is 0.831. The van der Waals surface area contributed by atoms with Crippen LogP contribution >= 0.6 is 0 Å². The van der Waals surface area contributed by atoms with Crippen LogP contribution in [0, 0.1) is 5.92 Å². The Labute approximate surface area is 100 Å². The standard InChI is InChI=1S/C11H18N4O2/c1-2-15-8-12-13-10(15)7-14-5-3-9(4-6-14)11(16)17/h8-9H,2-7H2,1H3,(H,16,17). The van der Waals surface area contributed by atoms with Crippen LogP contribution in [0.4, 0.5) is 0 Å². The molecule has 1 aliphatic heterocycles. The Hall–Kier alpha value is -1.43. The van der Waals surface area contributed by atoms with Crippen molar-refractivity contribution in [2.75, 3.05) is 13.1 Å². The van der Waals surface area contributed by atoms with Gasteiger partial charge in [0.15, 0.2) is 0 Å². The lowest BCUT2D eigenvalue weighted by Crippen LogP contribution is -2.36. The number of carbonyl (C=O) groups is 1. The summed E-state index contributed by atoms with van der Waals surface area (Å²) in [6.07, 6.45) is 3.20. The Morgan fingerprint density at radius 2 is 2.24 bits per heavy atom. The molecule has 0 amide bonds. The maximum atomic E-state index is 10.8. The molecule has 1 aromatic rings. The van der Waals surface area contributed by atoms with Crippen molar-refractivity contribution in [1.82, 2.24) is 19.7 Å². The van der Waals surface area contributed by atoms with Crippen LogP contribution in [0.5, 0.6) is 0 Å². The minimum atomic E-state index is -0.665. The summed E-state index contributed by atoms with van der Waals surface area (Å²) in [6.45, 7) is 5.35. The van der Waals surface area contributed by atoms with Crippen LogP contribution in [0.25, 0.3) is 0 Å². The van der Waals surface area contributed by atoms with Crippen molar-refractivity contribution in [1.29, 1.82) is 0 Å². The molecule has 0 radical (unpaired) electrons. The molecule has 0 saturated carbocycles. The van der Waals surface area contributed by atoms with Crippen LogP contribution in [-0.2, 0) is 17.9 Å². The number of hydrogen-bond donors (Lipinski definition) is 1. The van der Waals surface area contributed by atoms with Crippen LogP contribution < -0.4 is 0 Å². The van der Waals surface area contributed by atoms with Gasteiger partial charge in [0, 0.05) is 6.54 Å². The number of hydrogen-bond acceptors (Lipinski definition) is 4. The predicted octanol–water partition coefficient (Wildman–Crippen LogP) is 0.595. The first-order chi connectivity index (χ1) is 8.20. The molecule has 17 heavy (non-hydrogen) atoms. The average molecular weight is 238 g/mol. The Morgan fingerprint density at radius 1 is 1.53 bits per heavy atom. The highest BCUT2D eigenvalue weighted by atomic mass is 16.4. The number of piperidine rings is 1. The molecule has 94 valence electrons. The first kappa shape index (κ1) is 12.0. The minimum Gasteiger partial charge on any atom is -0.481 e. The number of aryl methyl sites for hydroxylation is 1. The summed E-state index contributed by atoms with van der Waals surface area (Å²) < 4.78 is 2.02. The molecule has 6 heteroatoms. The maximum Gasteiger partial charge on any atom is 0.306 e. The van der Waals surface area contributed by atoms with E-state index in [-0.39, 0.29) is 5.92 Å². The zero-order valence-electron chi connectivity index (χ0n) is 10.0. The summed E-state index contributed by atoms with van der Waals surface area (Å²) in [4.78, 5) is 13.1. The lowest BCUT2D eigenvalue weighted by molar-refractivity contribution is -0.143. The highest BCUT2D eigenvalue weighted by molar-refractivity contribution is 5.70. The van der Waals surface area contributed by atoms with Gasteiger partial charge in [-0.1, -0.05) is 0 Å². The van der Waals surface area contributed by atoms with E-state index in [1.807, 2.05) is 4.57 Å². The lowest BCUT2D eigenvalue weighted by Gasteiger charge is -2.29. The highest BCUT2D eigenvalue weighted by Crippen LogP contribution is 2.18. The number of aliphatic carboxylic acids is 1. The monoisotopic (exact) mass is 238 g/mol. The smallest absolute Gasteiger partial charge is 0.306 e. The second kappa shape index (κ2) is 5.27. The van der Waals surface area contributed by atoms with Gasteiger partial charge >= 0.3 is 5.97 Å². The molecular formula is C11H18N4O2. The SMILES string of the molecule is CCn1cnnc1CN1CCC(C(=O)O)CC1. The van der Waals surface area contributed by atoms with Crippen molar-refractivity contribution in [2.45, 2.75) is 32.9 Å². The Bertz CT molecular complexity index is 383. The van der Waals surface area contributed by atoms with E-state index in [4.69, 9.17) is 5.11 Å². The van der Waals surface area contributed by atoms with Gasteiger partial charge < -0.3 is 9.67 Å². The fourth-order valence-electron chi connectivity index (χ4n) is 2.20. The first-order valence-electron chi connectivity index (χ1n) is 6.02. The van der Waals surface area contributed by atoms with E-state index in [1.54, 1.807) is 6.33 Å². The van der Waals surface area contributed by atoms with E-state index < -0.39 is 5.97 Å². The van der Waals surface area contributed by atoms with Crippen LogP contribution in [0.2, 0.25) is 0 Å². The van der Waals surface area contributed by atoms with Gasteiger partial charge in [-0.05, 0) is 32.9 Å². The van der Waals surface area contributed by atoms with Gasteiger partial charge in [0.25, 0.3) is 0 Å². The fraction of sp³-hybridized carbons (Fsp3) is 0.727. The third-order valence-electron chi connectivity index (χ3n) is 3.34. The molecule has 1 aromatic heterocycles. The first-order valence-corrected chi connectivity index (χ1v) is 6.02. The summed E-state index contributed by atoms with van der Waals surface area (Å²) in [7, 11) is 0. The summed E-state index contributed by atoms with van der Waals surface area (Å²) in [5.74, 6) is 0.123. The average Bonchev–Trinajstić information content (AvgIpc) is 2.77. The second-order valence-corrected chi connectivity index (χ2v) is 4.42. The topological polar surface area (TPSA) is 71.2 Å². The van der Waals surface area contributed by atoms with Gasteiger partial charge in [-0.25, -0.2) is 0 Å². The van der Waals surface area contributed by atoms with E-state index in [0.717, 1.165) is 44.8 Å². The second-order valence-electron chi connectivity index (χ2n) is 4.42. The minimum absolute atomic E-state index is 0.171. The molecule has 2 rings (SSSR count). The normalized spacial score (nSPS) is 18.4. The molecule has 1 fully saturated rings. The number of carboxylic acids is 1. The van der Waals surface area contributed by atoms with Gasteiger partial charge in [-0.2, -0.15) is 0 Å². The molecule has 1 saturated heterocycles. The summed E-state index contributed by atoms with van der Waals surface area (Å²) in [6, 6.07) is 0. The molecule has 0 bridgehead atoms. The third kappa shape index (κ3) is 2.82. The molecule has 0 spiro atoms. The fourth-order valence-corrected chi connectivity index (χ4v) is 2.20. The van der Waals surface area contributed by atoms with Crippen molar-refractivity contribution in [3.63, 3.8) is 0 Å². The number of aromatic nitrogens is 3. The van der Waals surface area contributed by atoms with E-state index in [9.17, 15) is 4.79 Å². The predicted molar refractivity (Wildman–Crippen MR) is 61.3 cm³/mol. The maximum absolute atomic E-state index is 10.8. The summed E-state index contributed by atoms with van der Waals surface area (Å²) in [5, 5.41) is 16.9. The van der Waals surface area contributed by atoms with Crippen molar-refractivity contribution in [2.24, 2.45) is 5.92 Å². The number of likely N-dealkylation sites (tertiary alicyclic amines) is 1. The molecule has 0 unspecified atom stereocenters. The zero-order chi connectivity index (χ0) is 12.3. The van der Waals surface area contributed by atoms with Crippen LogP contribution in [-0.4, -0.2) is 43.8 Å². The lowest BCUT2D eigenvalue weighted by atomic mass is 9.97.